The summed E-state index contributed by atoms with van der Waals surface area (Å²) in [5.41, 5.74) is 0.558. The lowest BCUT2D eigenvalue weighted by Gasteiger charge is -2.08. The van der Waals surface area contributed by atoms with Gasteiger partial charge in [-0.1, -0.05) is 13.8 Å². The van der Waals surface area contributed by atoms with E-state index in [2.05, 4.69) is 0 Å². The maximum atomic E-state index is 12.3. The molecule has 0 bridgehead atoms. The molecule has 0 aliphatic carbocycles. The summed E-state index contributed by atoms with van der Waals surface area (Å²) in [5, 5.41) is 0. The summed E-state index contributed by atoms with van der Waals surface area (Å²) in [6.45, 7) is 3.84. The summed E-state index contributed by atoms with van der Waals surface area (Å²) in [5.74, 6) is 0.667. The Kier molecular flexibility index (Phi) is 6.02. The lowest BCUT2D eigenvalue weighted by molar-refractivity contribution is 0.345. The summed E-state index contributed by atoms with van der Waals surface area (Å²) in [6.07, 6.45) is 1.71. The van der Waals surface area contributed by atoms with Crippen LogP contribution in [0.3, 0.4) is 0 Å². The SMILES string of the molecule is CCCS(=O)(=O)c1ccc(OC/C(=C\F)CC)cc1. The third-order valence-corrected chi connectivity index (χ3v) is 4.62. The second-order valence-electron chi connectivity index (χ2n) is 4.20. The molecule has 0 spiro atoms. The number of rotatable bonds is 7. The van der Waals surface area contributed by atoms with Gasteiger partial charge in [-0.3, -0.25) is 0 Å². The molecule has 0 aromatic heterocycles. The van der Waals surface area contributed by atoms with E-state index >= 15 is 0 Å². The van der Waals surface area contributed by atoms with E-state index < -0.39 is 9.84 Å². The van der Waals surface area contributed by atoms with Gasteiger partial charge in [0.05, 0.1) is 17.0 Å². The first-order valence-corrected chi connectivity index (χ1v) is 7.92. The predicted molar refractivity (Wildman–Crippen MR) is 73.8 cm³/mol. The number of hydrogen-bond donors (Lipinski definition) is 0. The Morgan fingerprint density at radius 3 is 2.37 bits per heavy atom. The van der Waals surface area contributed by atoms with E-state index in [1.165, 1.54) is 12.1 Å². The second kappa shape index (κ2) is 7.28. The Hall–Kier alpha value is -1.36. The highest BCUT2D eigenvalue weighted by molar-refractivity contribution is 7.91. The van der Waals surface area contributed by atoms with Gasteiger partial charge in [-0.15, -0.1) is 0 Å². The zero-order valence-electron chi connectivity index (χ0n) is 11.2. The maximum Gasteiger partial charge on any atom is 0.178 e. The van der Waals surface area contributed by atoms with Crippen molar-refractivity contribution in [3.05, 3.63) is 36.2 Å². The first-order chi connectivity index (χ1) is 9.03. The van der Waals surface area contributed by atoms with Crippen LogP contribution in [0.2, 0.25) is 0 Å². The van der Waals surface area contributed by atoms with Crippen molar-refractivity contribution in [1.82, 2.24) is 0 Å². The lowest BCUT2D eigenvalue weighted by Crippen LogP contribution is -2.06. The van der Waals surface area contributed by atoms with Crippen molar-refractivity contribution in [1.29, 1.82) is 0 Å². The fraction of sp³-hybridized carbons (Fsp3) is 0.429. The number of ether oxygens (including phenoxy) is 1. The quantitative estimate of drug-likeness (QED) is 0.770. The van der Waals surface area contributed by atoms with Gasteiger partial charge in [-0.25, -0.2) is 12.8 Å². The van der Waals surface area contributed by atoms with E-state index in [0.29, 0.717) is 35.4 Å². The van der Waals surface area contributed by atoms with Gasteiger partial charge in [0.1, 0.15) is 12.4 Å². The Bertz CT molecular complexity index is 518. The highest BCUT2D eigenvalue weighted by Gasteiger charge is 2.12. The summed E-state index contributed by atoms with van der Waals surface area (Å²) < 4.78 is 41.3. The Labute approximate surface area is 114 Å². The predicted octanol–water partition coefficient (Wildman–Crippen LogP) is 3.51. The highest BCUT2D eigenvalue weighted by Crippen LogP contribution is 2.18. The summed E-state index contributed by atoms with van der Waals surface area (Å²) in [4.78, 5) is 0.290. The van der Waals surface area contributed by atoms with Crippen molar-refractivity contribution in [3.8, 4) is 5.75 Å². The molecule has 0 aliphatic rings. The van der Waals surface area contributed by atoms with Gasteiger partial charge >= 0.3 is 0 Å². The molecule has 0 unspecified atom stereocenters. The molecular formula is C14H19FO3S. The molecule has 1 aromatic carbocycles. The molecule has 19 heavy (non-hydrogen) atoms. The molecule has 5 heteroatoms. The van der Waals surface area contributed by atoms with Crippen molar-refractivity contribution in [2.24, 2.45) is 0 Å². The minimum atomic E-state index is -3.19. The molecule has 0 saturated carbocycles. The van der Waals surface area contributed by atoms with Gasteiger partial charge in [-0.05, 0) is 42.7 Å². The van der Waals surface area contributed by atoms with E-state index in [1.54, 1.807) is 12.1 Å². The molecule has 0 N–H and O–H groups in total. The number of benzene rings is 1. The molecule has 1 aromatic rings. The van der Waals surface area contributed by atoms with E-state index in [4.69, 9.17) is 4.74 Å². The van der Waals surface area contributed by atoms with Crippen LogP contribution in [0.1, 0.15) is 26.7 Å². The number of hydrogen-bond acceptors (Lipinski definition) is 3. The zero-order chi connectivity index (χ0) is 14.3. The molecule has 106 valence electrons. The second-order valence-corrected chi connectivity index (χ2v) is 6.31. The van der Waals surface area contributed by atoms with Crippen LogP contribution in [0.4, 0.5) is 4.39 Å². The van der Waals surface area contributed by atoms with E-state index in [1.807, 2.05) is 13.8 Å². The molecule has 3 nitrogen and oxygen atoms in total. The molecule has 0 atom stereocenters. The zero-order valence-corrected chi connectivity index (χ0v) is 12.0. The van der Waals surface area contributed by atoms with Crippen molar-refractivity contribution in [2.75, 3.05) is 12.4 Å². The maximum absolute atomic E-state index is 12.3. The van der Waals surface area contributed by atoms with E-state index in [0.717, 1.165) is 0 Å². The summed E-state index contributed by atoms with van der Waals surface area (Å²) in [6, 6.07) is 6.22. The van der Waals surface area contributed by atoms with Crippen LogP contribution in [0, 0.1) is 0 Å². The third-order valence-electron chi connectivity index (χ3n) is 2.69. The van der Waals surface area contributed by atoms with E-state index in [9.17, 15) is 12.8 Å². The first kappa shape index (κ1) is 15.7. The minimum absolute atomic E-state index is 0.137. The molecule has 0 heterocycles. The van der Waals surface area contributed by atoms with Gasteiger partial charge in [0.2, 0.25) is 0 Å². The standard InChI is InChI=1S/C14H19FO3S/c1-3-9-19(16,17)14-7-5-13(6-8-14)18-11-12(4-2)10-15/h5-8,10H,3-4,9,11H2,1-2H3/b12-10-. The molecule has 0 amide bonds. The molecule has 0 aliphatic heterocycles. The fourth-order valence-electron chi connectivity index (χ4n) is 1.52. The Balaban J connectivity index is 2.72. The van der Waals surface area contributed by atoms with Crippen LogP contribution < -0.4 is 4.74 Å². The largest absolute Gasteiger partial charge is 0.489 e. The molecule has 0 saturated heterocycles. The Morgan fingerprint density at radius 2 is 1.89 bits per heavy atom. The number of halogens is 1. The van der Waals surface area contributed by atoms with E-state index in [-0.39, 0.29) is 12.4 Å². The van der Waals surface area contributed by atoms with Crippen LogP contribution in [-0.4, -0.2) is 20.8 Å². The van der Waals surface area contributed by atoms with Gasteiger partial charge in [0.25, 0.3) is 0 Å². The van der Waals surface area contributed by atoms with Crippen LogP contribution in [0.25, 0.3) is 0 Å². The molecule has 0 radical (unpaired) electrons. The third kappa shape index (κ3) is 4.67. The fourth-order valence-corrected chi connectivity index (χ4v) is 2.84. The topological polar surface area (TPSA) is 43.4 Å². The van der Waals surface area contributed by atoms with Crippen LogP contribution in [0.5, 0.6) is 5.75 Å². The van der Waals surface area contributed by atoms with Crippen LogP contribution in [0.15, 0.2) is 41.1 Å². The minimum Gasteiger partial charge on any atom is -0.489 e. The highest BCUT2D eigenvalue weighted by atomic mass is 32.2. The monoisotopic (exact) mass is 286 g/mol. The molecular weight excluding hydrogens is 267 g/mol. The average molecular weight is 286 g/mol. The molecule has 0 fully saturated rings. The van der Waals surface area contributed by atoms with Crippen LogP contribution in [-0.2, 0) is 9.84 Å². The molecule has 1 rings (SSSR count). The average Bonchev–Trinajstić information content (AvgIpc) is 2.40. The summed E-state index contributed by atoms with van der Waals surface area (Å²) in [7, 11) is -3.19. The van der Waals surface area contributed by atoms with Crippen molar-refractivity contribution in [3.63, 3.8) is 0 Å². The van der Waals surface area contributed by atoms with Crippen molar-refractivity contribution >= 4 is 9.84 Å². The van der Waals surface area contributed by atoms with Crippen LogP contribution >= 0.6 is 0 Å². The summed E-state index contributed by atoms with van der Waals surface area (Å²) >= 11 is 0. The Morgan fingerprint density at radius 1 is 1.26 bits per heavy atom. The number of sulfone groups is 1. The lowest BCUT2D eigenvalue weighted by atomic mass is 10.2. The van der Waals surface area contributed by atoms with Gasteiger partial charge in [0, 0.05) is 0 Å². The van der Waals surface area contributed by atoms with Crippen molar-refractivity contribution in [2.45, 2.75) is 31.6 Å². The van der Waals surface area contributed by atoms with Gasteiger partial charge < -0.3 is 4.74 Å². The van der Waals surface area contributed by atoms with Gasteiger partial charge in [-0.2, -0.15) is 0 Å². The van der Waals surface area contributed by atoms with Gasteiger partial charge in [0.15, 0.2) is 9.84 Å². The normalized spacial score (nSPS) is 12.5. The van der Waals surface area contributed by atoms with Crippen molar-refractivity contribution < 1.29 is 17.5 Å². The first-order valence-electron chi connectivity index (χ1n) is 6.27. The smallest absolute Gasteiger partial charge is 0.178 e.